The maximum absolute atomic E-state index is 13.1. The highest BCUT2D eigenvalue weighted by molar-refractivity contribution is 6.09. The second-order valence-corrected chi connectivity index (χ2v) is 6.22. The second kappa shape index (κ2) is 5.99. The van der Waals surface area contributed by atoms with Gasteiger partial charge in [-0.3, -0.25) is 14.6 Å². The SMILES string of the molecule is CNC(=O)C(C)(C)N(C)C(=O)c1c(C)c(C)nc2ccccc12. The second-order valence-electron chi connectivity index (χ2n) is 6.22. The third-order valence-electron chi connectivity index (χ3n) is 4.52. The van der Waals surface area contributed by atoms with Gasteiger partial charge in [-0.05, 0) is 39.3 Å². The zero-order valence-corrected chi connectivity index (χ0v) is 14.5. The molecule has 0 bridgehead atoms. The van der Waals surface area contributed by atoms with Crippen molar-refractivity contribution >= 4 is 22.7 Å². The van der Waals surface area contributed by atoms with E-state index in [-0.39, 0.29) is 11.8 Å². The van der Waals surface area contributed by atoms with E-state index in [9.17, 15) is 9.59 Å². The summed E-state index contributed by atoms with van der Waals surface area (Å²) in [6.07, 6.45) is 0. The van der Waals surface area contributed by atoms with Gasteiger partial charge in [-0.25, -0.2) is 0 Å². The van der Waals surface area contributed by atoms with Gasteiger partial charge in [-0.1, -0.05) is 18.2 Å². The highest BCUT2D eigenvalue weighted by Gasteiger charge is 2.36. The molecule has 122 valence electrons. The molecule has 0 fully saturated rings. The smallest absolute Gasteiger partial charge is 0.255 e. The van der Waals surface area contributed by atoms with Gasteiger partial charge in [0.1, 0.15) is 5.54 Å². The number of fused-ring (bicyclic) bond motifs is 1. The minimum absolute atomic E-state index is 0.183. The largest absolute Gasteiger partial charge is 0.357 e. The molecule has 2 aromatic rings. The van der Waals surface area contributed by atoms with Crippen molar-refractivity contribution in [2.45, 2.75) is 33.2 Å². The van der Waals surface area contributed by atoms with E-state index in [0.29, 0.717) is 5.56 Å². The van der Waals surface area contributed by atoms with Gasteiger partial charge in [0.05, 0.1) is 11.1 Å². The van der Waals surface area contributed by atoms with Crippen molar-refractivity contribution in [3.05, 3.63) is 41.1 Å². The fourth-order valence-corrected chi connectivity index (χ4v) is 2.59. The quantitative estimate of drug-likeness (QED) is 0.947. The van der Waals surface area contributed by atoms with E-state index in [4.69, 9.17) is 0 Å². The zero-order valence-electron chi connectivity index (χ0n) is 14.5. The van der Waals surface area contributed by atoms with Crippen LogP contribution >= 0.6 is 0 Å². The Morgan fingerprint density at radius 1 is 1.17 bits per heavy atom. The Bertz CT molecular complexity index is 781. The Labute approximate surface area is 136 Å². The molecule has 5 nitrogen and oxygen atoms in total. The maximum atomic E-state index is 13.1. The zero-order chi connectivity index (χ0) is 17.4. The van der Waals surface area contributed by atoms with Gasteiger partial charge in [0.15, 0.2) is 0 Å². The van der Waals surface area contributed by atoms with Crippen LogP contribution in [0.3, 0.4) is 0 Å². The van der Waals surface area contributed by atoms with Crippen LogP contribution in [0.1, 0.15) is 35.5 Å². The normalized spacial score (nSPS) is 11.4. The number of rotatable bonds is 3. The topological polar surface area (TPSA) is 62.3 Å². The molecule has 0 aliphatic heterocycles. The van der Waals surface area contributed by atoms with E-state index in [1.165, 1.54) is 4.90 Å². The van der Waals surface area contributed by atoms with E-state index >= 15 is 0 Å². The number of nitrogens with zero attached hydrogens (tertiary/aromatic N) is 2. The predicted octanol–water partition coefficient (Wildman–Crippen LogP) is 2.45. The monoisotopic (exact) mass is 313 g/mol. The summed E-state index contributed by atoms with van der Waals surface area (Å²) in [5.41, 5.74) is 2.10. The number of hydrogen-bond donors (Lipinski definition) is 1. The fraction of sp³-hybridized carbons (Fsp3) is 0.389. The number of aryl methyl sites for hydroxylation is 1. The van der Waals surface area contributed by atoms with E-state index in [2.05, 4.69) is 10.3 Å². The van der Waals surface area contributed by atoms with Gasteiger partial charge < -0.3 is 10.2 Å². The number of amides is 2. The molecule has 2 rings (SSSR count). The van der Waals surface area contributed by atoms with Crippen molar-refractivity contribution in [2.24, 2.45) is 0 Å². The first-order valence-electron chi connectivity index (χ1n) is 7.58. The number of carbonyl (C=O) groups excluding carboxylic acids is 2. The van der Waals surface area contributed by atoms with Crippen LogP contribution in [-0.4, -0.2) is 41.3 Å². The number of carbonyl (C=O) groups is 2. The molecular weight excluding hydrogens is 290 g/mol. The summed E-state index contributed by atoms with van der Waals surface area (Å²) in [4.78, 5) is 31.3. The minimum Gasteiger partial charge on any atom is -0.357 e. The van der Waals surface area contributed by atoms with Crippen molar-refractivity contribution in [1.82, 2.24) is 15.2 Å². The molecule has 0 unspecified atom stereocenters. The number of hydrogen-bond acceptors (Lipinski definition) is 3. The molecular formula is C18H23N3O2. The van der Waals surface area contributed by atoms with Gasteiger partial charge in [-0.15, -0.1) is 0 Å². The first-order chi connectivity index (χ1) is 10.7. The molecule has 0 spiro atoms. The molecule has 1 N–H and O–H groups in total. The van der Waals surface area contributed by atoms with E-state index in [0.717, 1.165) is 22.2 Å². The molecule has 0 atom stereocenters. The van der Waals surface area contributed by atoms with E-state index in [1.54, 1.807) is 27.9 Å². The Kier molecular flexibility index (Phi) is 4.41. The van der Waals surface area contributed by atoms with Crippen LogP contribution < -0.4 is 5.32 Å². The first kappa shape index (κ1) is 16.9. The van der Waals surface area contributed by atoms with Gasteiger partial charge in [0, 0.05) is 25.2 Å². The molecule has 1 heterocycles. The van der Waals surface area contributed by atoms with Crippen LogP contribution in [0.15, 0.2) is 24.3 Å². The number of benzene rings is 1. The number of para-hydroxylation sites is 1. The van der Waals surface area contributed by atoms with Crippen molar-refractivity contribution in [2.75, 3.05) is 14.1 Å². The molecule has 0 saturated carbocycles. The minimum atomic E-state index is -0.948. The lowest BCUT2D eigenvalue weighted by atomic mass is 9.96. The summed E-state index contributed by atoms with van der Waals surface area (Å²) < 4.78 is 0. The van der Waals surface area contributed by atoms with E-state index in [1.807, 2.05) is 38.1 Å². The standard InChI is InChI=1S/C18H23N3O2/c1-11-12(2)20-14-10-8-7-9-13(14)15(11)16(22)21(6)18(3,4)17(23)19-5/h7-10H,1-6H3,(H,19,23). The molecule has 1 aromatic carbocycles. The van der Waals surface area contributed by atoms with E-state index < -0.39 is 5.54 Å². The average molecular weight is 313 g/mol. The van der Waals surface area contributed by atoms with Crippen LogP contribution in [0.2, 0.25) is 0 Å². The maximum Gasteiger partial charge on any atom is 0.255 e. The van der Waals surface area contributed by atoms with Crippen LogP contribution in [0.4, 0.5) is 0 Å². The van der Waals surface area contributed by atoms with Gasteiger partial charge in [-0.2, -0.15) is 0 Å². The first-order valence-corrected chi connectivity index (χ1v) is 7.58. The molecule has 0 saturated heterocycles. The predicted molar refractivity (Wildman–Crippen MR) is 91.5 cm³/mol. The Balaban J connectivity index is 2.62. The van der Waals surface area contributed by atoms with Crippen LogP contribution in [0.5, 0.6) is 0 Å². The summed E-state index contributed by atoms with van der Waals surface area (Å²) in [6.45, 7) is 7.25. The third-order valence-corrected chi connectivity index (χ3v) is 4.52. The Morgan fingerprint density at radius 3 is 2.39 bits per heavy atom. The summed E-state index contributed by atoms with van der Waals surface area (Å²) in [6, 6.07) is 7.57. The number of nitrogens with one attached hydrogen (secondary N) is 1. The van der Waals surface area contributed by atoms with Crippen molar-refractivity contribution < 1.29 is 9.59 Å². The molecule has 1 aromatic heterocycles. The van der Waals surface area contributed by atoms with Crippen molar-refractivity contribution in [3.63, 3.8) is 0 Å². The van der Waals surface area contributed by atoms with Crippen molar-refractivity contribution in [1.29, 1.82) is 0 Å². The Morgan fingerprint density at radius 2 is 1.78 bits per heavy atom. The molecule has 5 heteroatoms. The number of likely N-dealkylation sites (N-methyl/N-ethyl adjacent to an activating group) is 2. The summed E-state index contributed by atoms with van der Waals surface area (Å²) in [5, 5.41) is 3.42. The summed E-state index contributed by atoms with van der Waals surface area (Å²) >= 11 is 0. The fourth-order valence-electron chi connectivity index (χ4n) is 2.59. The molecule has 0 aliphatic rings. The van der Waals surface area contributed by atoms with Gasteiger partial charge in [0.2, 0.25) is 5.91 Å². The van der Waals surface area contributed by atoms with Gasteiger partial charge >= 0.3 is 0 Å². The van der Waals surface area contributed by atoms with Crippen LogP contribution in [-0.2, 0) is 4.79 Å². The number of pyridine rings is 1. The van der Waals surface area contributed by atoms with Crippen LogP contribution in [0, 0.1) is 13.8 Å². The van der Waals surface area contributed by atoms with Gasteiger partial charge in [0.25, 0.3) is 5.91 Å². The highest BCUT2D eigenvalue weighted by atomic mass is 16.2. The molecule has 0 radical (unpaired) electrons. The highest BCUT2D eigenvalue weighted by Crippen LogP contribution is 2.26. The lowest BCUT2D eigenvalue weighted by Gasteiger charge is -2.34. The Hall–Kier alpha value is -2.43. The number of aromatic nitrogens is 1. The summed E-state index contributed by atoms with van der Waals surface area (Å²) in [5.74, 6) is -0.390. The lowest BCUT2D eigenvalue weighted by molar-refractivity contribution is -0.129. The average Bonchev–Trinajstić information content (AvgIpc) is 2.53. The lowest BCUT2D eigenvalue weighted by Crippen LogP contribution is -2.54. The summed E-state index contributed by atoms with van der Waals surface area (Å²) in [7, 11) is 3.22. The molecule has 23 heavy (non-hydrogen) atoms. The van der Waals surface area contributed by atoms with Crippen molar-refractivity contribution in [3.8, 4) is 0 Å². The third kappa shape index (κ3) is 2.79. The molecule has 0 aliphatic carbocycles. The van der Waals surface area contributed by atoms with Crippen LogP contribution in [0.25, 0.3) is 10.9 Å². The molecule has 2 amide bonds.